The topological polar surface area (TPSA) is 96.2 Å². The Morgan fingerprint density at radius 3 is 2.29 bits per heavy atom. The Morgan fingerprint density at radius 2 is 1.60 bits per heavy atom. The van der Waals surface area contributed by atoms with Crippen molar-refractivity contribution in [2.75, 3.05) is 37.6 Å². The minimum absolute atomic E-state index is 0.0243. The highest BCUT2D eigenvalue weighted by Gasteiger charge is 2.26. The first-order valence-electron chi connectivity index (χ1n) is 12.6. The normalized spacial score (nSPS) is 19.9. The number of amides is 1. The first kappa shape index (κ1) is 24.1. The molecule has 188 valence electrons. The number of anilines is 1. The molecular formula is C26H34N4O4S. The van der Waals surface area contributed by atoms with Gasteiger partial charge < -0.3 is 18.9 Å². The fourth-order valence-corrected chi connectivity index (χ4v) is 6.03. The molecule has 2 N–H and O–H groups in total. The molecule has 0 aliphatic carbocycles. The molecule has 2 aromatic carbocycles. The number of nitrogens with zero attached hydrogens (tertiary/aromatic N) is 3. The van der Waals surface area contributed by atoms with Gasteiger partial charge in [-0.15, -0.1) is 0 Å². The molecule has 8 nitrogen and oxygen atoms in total. The van der Waals surface area contributed by atoms with Gasteiger partial charge >= 0.3 is 10.3 Å². The highest BCUT2D eigenvalue weighted by molar-refractivity contribution is 7.84. The fraction of sp³-hybridized carbons (Fsp3) is 0.500. The van der Waals surface area contributed by atoms with Crippen LogP contribution in [-0.2, 0) is 23.3 Å². The maximum absolute atomic E-state index is 13.2. The molecule has 0 radical (unpaired) electrons. The Kier molecular flexibility index (Phi) is 7.00. The van der Waals surface area contributed by atoms with Crippen molar-refractivity contribution in [3.63, 3.8) is 0 Å². The van der Waals surface area contributed by atoms with Gasteiger partial charge in [0.15, 0.2) is 0 Å². The van der Waals surface area contributed by atoms with Crippen molar-refractivity contribution >= 4 is 21.9 Å². The summed E-state index contributed by atoms with van der Waals surface area (Å²) in [6.07, 6.45) is 7.15. The van der Waals surface area contributed by atoms with Gasteiger partial charge in [0, 0.05) is 43.5 Å². The summed E-state index contributed by atoms with van der Waals surface area (Å²) >= 11 is 0. The van der Waals surface area contributed by atoms with Crippen molar-refractivity contribution in [2.24, 2.45) is 5.14 Å². The van der Waals surface area contributed by atoms with E-state index < -0.39 is 10.3 Å². The van der Waals surface area contributed by atoms with Crippen molar-refractivity contribution < 1.29 is 17.4 Å². The third kappa shape index (κ3) is 5.79. The molecule has 9 heteroatoms. The van der Waals surface area contributed by atoms with Crippen molar-refractivity contribution in [3.8, 4) is 5.75 Å². The predicted octanol–water partition coefficient (Wildman–Crippen LogP) is 2.92. The van der Waals surface area contributed by atoms with Gasteiger partial charge in [-0.3, -0.25) is 4.79 Å². The second-order valence-electron chi connectivity index (χ2n) is 9.85. The summed E-state index contributed by atoms with van der Waals surface area (Å²) in [7, 11) is -4.09. The van der Waals surface area contributed by atoms with E-state index in [-0.39, 0.29) is 11.7 Å². The van der Waals surface area contributed by atoms with Crippen LogP contribution in [0.4, 0.5) is 5.69 Å². The molecule has 0 unspecified atom stereocenters. The molecule has 0 spiro atoms. The molecule has 3 aliphatic heterocycles. The second kappa shape index (κ2) is 10.2. The summed E-state index contributed by atoms with van der Waals surface area (Å²) in [6.45, 7) is 5.64. The van der Waals surface area contributed by atoms with Gasteiger partial charge in [-0.2, -0.15) is 13.6 Å². The van der Waals surface area contributed by atoms with Crippen LogP contribution in [0.2, 0.25) is 0 Å². The molecule has 0 atom stereocenters. The van der Waals surface area contributed by atoms with Crippen molar-refractivity contribution in [3.05, 3.63) is 59.2 Å². The molecule has 2 aromatic rings. The lowest BCUT2D eigenvalue weighted by molar-refractivity contribution is 0.0734. The van der Waals surface area contributed by atoms with E-state index in [1.54, 1.807) is 17.0 Å². The van der Waals surface area contributed by atoms with Gasteiger partial charge in [0.1, 0.15) is 5.75 Å². The van der Waals surface area contributed by atoms with Crippen molar-refractivity contribution in [2.45, 2.75) is 51.1 Å². The van der Waals surface area contributed by atoms with Crippen LogP contribution in [0.1, 0.15) is 53.6 Å². The number of hydrogen-bond donors (Lipinski definition) is 1. The average Bonchev–Trinajstić information content (AvgIpc) is 2.88. The SMILES string of the molecule is NS(=O)(=O)Oc1ccc2c(c1)CN(C(=O)c1ccc(N3CCC(N4CCCCC4)CC3)cc1)CC2. The van der Waals surface area contributed by atoms with Crippen molar-refractivity contribution in [1.82, 2.24) is 9.80 Å². The quantitative estimate of drug-likeness (QED) is 0.681. The lowest BCUT2D eigenvalue weighted by Gasteiger charge is -2.41. The number of carbonyl (C=O) groups is 1. The van der Waals surface area contributed by atoms with Crippen LogP contribution >= 0.6 is 0 Å². The maximum atomic E-state index is 13.2. The number of piperidine rings is 2. The Bertz CT molecular complexity index is 1150. The predicted molar refractivity (Wildman–Crippen MR) is 136 cm³/mol. The molecule has 2 saturated heterocycles. The van der Waals surface area contributed by atoms with E-state index in [4.69, 9.17) is 9.32 Å². The maximum Gasteiger partial charge on any atom is 0.380 e. The third-order valence-electron chi connectivity index (χ3n) is 7.54. The van der Waals surface area contributed by atoms with E-state index in [9.17, 15) is 13.2 Å². The zero-order valence-electron chi connectivity index (χ0n) is 20.1. The molecule has 0 aromatic heterocycles. The second-order valence-corrected chi connectivity index (χ2v) is 11.0. The molecule has 3 aliphatic rings. The number of benzene rings is 2. The Morgan fingerprint density at radius 1 is 0.886 bits per heavy atom. The van der Waals surface area contributed by atoms with E-state index in [0.29, 0.717) is 31.1 Å². The zero-order chi connectivity index (χ0) is 24.4. The number of nitrogens with two attached hydrogens (primary N) is 1. The van der Waals surface area contributed by atoms with E-state index in [0.717, 1.165) is 24.2 Å². The summed E-state index contributed by atoms with van der Waals surface area (Å²) in [4.78, 5) is 20.1. The van der Waals surface area contributed by atoms with Crippen LogP contribution in [0, 0.1) is 0 Å². The molecule has 2 fully saturated rings. The summed E-state index contributed by atoms with van der Waals surface area (Å²) in [5, 5.41) is 4.98. The number of likely N-dealkylation sites (tertiary alicyclic amines) is 1. The fourth-order valence-electron chi connectivity index (χ4n) is 5.66. The molecule has 35 heavy (non-hydrogen) atoms. The van der Waals surface area contributed by atoms with Crippen LogP contribution < -0.4 is 14.2 Å². The third-order valence-corrected chi connectivity index (χ3v) is 7.97. The number of carbonyl (C=O) groups excluding carboxylic acids is 1. The Labute approximate surface area is 207 Å². The average molecular weight is 499 g/mol. The van der Waals surface area contributed by atoms with Gasteiger partial charge in [-0.25, -0.2) is 0 Å². The van der Waals surface area contributed by atoms with Gasteiger partial charge in [-0.05, 0) is 92.7 Å². The number of rotatable bonds is 5. The van der Waals surface area contributed by atoms with Gasteiger partial charge in [-0.1, -0.05) is 12.5 Å². The lowest BCUT2D eigenvalue weighted by atomic mass is 9.98. The zero-order valence-corrected chi connectivity index (χ0v) is 20.9. The Hall–Kier alpha value is -2.62. The molecule has 3 heterocycles. The minimum atomic E-state index is -4.09. The Balaban J connectivity index is 1.19. The lowest BCUT2D eigenvalue weighted by Crippen LogP contribution is -2.46. The molecular weight excluding hydrogens is 464 g/mol. The van der Waals surface area contributed by atoms with Crippen molar-refractivity contribution in [1.29, 1.82) is 0 Å². The monoisotopic (exact) mass is 498 g/mol. The summed E-state index contributed by atoms with van der Waals surface area (Å²) < 4.78 is 27.3. The standard InChI is InChI=1S/C26H34N4O4S/c27-35(32,33)34-25-9-6-20-10-15-30(19-22(20)18-25)26(31)21-4-7-23(8-5-21)29-16-11-24(12-17-29)28-13-2-1-3-14-28/h4-9,18,24H,1-3,10-17,19H2,(H2,27,32,33). The summed E-state index contributed by atoms with van der Waals surface area (Å²) in [5.74, 6) is 0.137. The highest BCUT2D eigenvalue weighted by Crippen LogP contribution is 2.27. The van der Waals surface area contributed by atoms with Crippen LogP contribution in [-0.4, -0.2) is 62.9 Å². The largest absolute Gasteiger partial charge is 0.380 e. The molecule has 1 amide bonds. The van der Waals surface area contributed by atoms with E-state index in [2.05, 4.69) is 21.9 Å². The van der Waals surface area contributed by atoms with Crippen LogP contribution in [0.5, 0.6) is 5.75 Å². The smallest absolute Gasteiger partial charge is 0.371 e. The van der Waals surface area contributed by atoms with Gasteiger partial charge in [0.2, 0.25) is 0 Å². The molecule has 0 saturated carbocycles. The number of hydrogen-bond acceptors (Lipinski definition) is 6. The van der Waals surface area contributed by atoms with E-state index in [1.807, 2.05) is 18.2 Å². The van der Waals surface area contributed by atoms with Gasteiger partial charge in [0.25, 0.3) is 5.91 Å². The van der Waals surface area contributed by atoms with E-state index >= 15 is 0 Å². The minimum Gasteiger partial charge on any atom is -0.371 e. The highest BCUT2D eigenvalue weighted by atomic mass is 32.2. The van der Waals surface area contributed by atoms with Crippen LogP contribution in [0.25, 0.3) is 0 Å². The van der Waals surface area contributed by atoms with Gasteiger partial charge in [0.05, 0.1) is 0 Å². The summed E-state index contributed by atoms with van der Waals surface area (Å²) in [6, 6.07) is 13.8. The molecule has 5 rings (SSSR count). The summed E-state index contributed by atoms with van der Waals surface area (Å²) in [5.41, 5.74) is 3.79. The number of fused-ring (bicyclic) bond motifs is 1. The van der Waals surface area contributed by atoms with E-state index in [1.165, 1.54) is 50.9 Å². The first-order chi connectivity index (χ1) is 16.9. The van der Waals surface area contributed by atoms with Crippen LogP contribution in [0.3, 0.4) is 0 Å². The van der Waals surface area contributed by atoms with Crippen LogP contribution in [0.15, 0.2) is 42.5 Å². The first-order valence-corrected chi connectivity index (χ1v) is 14.1. The molecule has 0 bridgehead atoms.